The number of hydrogen-bond acceptors (Lipinski definition) is 5. The number of carbonyl (C=O) groups is 1. The van der Waals surface area contributed by atoms with E-state index < -0.39 is 11.9 Å². The largest absolute Gasteiger partial charge is 0.549 e. The van der Waals surface area contributed by atoms with Crippen molar-refractivity contribution >= 4 is 39.7 Å². The van der Waals surface area contributed by atoms with Crippen molar-refractivity contribution in [3.8, 4) is 5.69 Å². The summed E-state index contributed by atoms with van der Waals surface area (Å²) in [6.45, 7) is 0. The summed E-state index contributed by atoms with van der Waals surface area (Å²) in [4.78, 5) is 29.0. The molecule has 4 rings (SSSR count). The monoisotopic (exact) mass is 343 g/mol. The number of hydrogen-bond donors (Lipinski definition) is 1. The van der Waals surface area contributed by atoms with Gasteiger partial charge in [-0.05, 0) is 42.8 Å². The van der Waals surface area contributed by atoms with Crippen LogP contribution in [0.25, 0.3) is 15.9 Å². The van der Waals surface area contributed by atoms with Crippen LogP contribution < -0.4 is 10.7 Å². The molecular formula is C16H11N2O3S2-. The molecule has 0 radical (unpaired) electrons. The fourth-order valence-corrected chi connectivity index (χ4v) is 4.79. The van der Waals surface area contributed by atoms with E-state index in [4.69, 9.17) is 12.2 Å². The molecule has 2 aromatic heterocycles. The first kappa shape index (κ1) is 14.3. The Morgan fingerprint density at radius 3 is 2.78 bits per heavy atom. The van der Waals surface area contributed by atoms with Crippen LogP contribution in [0.5, 0.6) is 0 Å². The number of aromatic amines is 1. The highest BCUT2D eigenvalue weighted by Crippen LogP contribution is 2.41. The van der Waals surface area contributed by atoms with Gasteiger partial charge in [0, 0.05) is 16.8 Å². The minimum atomic E-state index is -1.13. The van der Waals surface area contributed by atoms with Gasteiger partial charge in [0.2, 0.25) is 0 Å². The molecule has 0 bridgehead atoms. The summed E-state index contributed by atoms with van der Waals surface area (Å²) in [5.74, 6) is -1.85. The molecule has 7 heteroatoms. The van der Waals surface area contributed by atoms with Gasteiger partial charge in [-0.1, -0.05) is 18.2 Å². The van der Waals surface area contributed by atoms with E-state index >= 15 is 0 Å². The molecule has 0 fully saturated rings. The lowest BCUT2D eigenvalue weighted by atomic mass is 10.0. The lowest BCUT2D eigenvalue weighted by molar-refractivity contribution is -0.307. The Morgan fingerprint density at radius 1 is 1.35 bits per heavy atom. The van der Waals surface area contributed by atoms with Gasteiger partial charge in [-0.15, -0.1) is 11.3 Å². The highest BCUT2D eigenvalue weighted by Gasteiger charge is 2.30. The number of H-pyrrole nitrogens is 1. The summed E-state index contributed by atoms with van der Waals surface area (Å²) in [7, 11) is 0. The van der Waals surface area contributed by atoms with Gasteiger partial charge in [0.1, 0.15) is 4.83 Å². The van der Waals surface area contributed by atoms with E-state index in [1.165, 1.54) is 15.9 Å². The third-order valence-electron chi connectivity index (χ3n) is 4.17. The topological polar surface area (TPSA) is 77.9 Å². The molecule has 2 heterocycles. The standard InChI is InChI=1S/C16H12N2O3S2/c19-14-12-11-9(15(20)21)6-7-10(11)23-13(12)17-16(22)18(14)8-4-2-1-3-5-8/h1-5,9H,6-7H2,(H,17,22)(H,20,21)/p-1/t9-/m0/s1. The first-order chi connectivity index (χ1) is 11.1. The number of carbonyl (C=O) groups excluding carboxylic acids is 1. The van der Waals surface area contributed by atoms with Crippen LogP contribution in [0, 0.1) is 4.77 Å². The van der Waals surface area contributed by atoms with Crippen molar-refractivity contribution in [2.75, 3.05) is 0 Å². The van der Waals surface area contributed by atoms with Gasteiger partial charge in [0.25, 0.3) is 5.56 Å². The SMILES string of the molecule is O=C([O-])[C@H]1CCc2sc3[nH]c(=S)n(-c4ccccc4)c(=O)c3c21. The molecule has 0 amide bonds. The number of para-hydroxylation sites is 1. The van der Waals surface area contributed by atoms with E-state index in [9.17, 15) is 14.7 Å². The number of benzene rings is 1. The molecule has 1 aromatic carbocycles. The van der Waals surface area contributed by atoms with Crippen molar-refractivity contribution in [2.24, 2.45) is 0 Å². The number of aromatic nitrogens is 2. The van der Waals surface area contributed by atoms with Crippen LogP contribution in [-0.4, -0.2) is 15.5 Å². The second-order valence-corrected chi connectivity index (χ2v) is 6.95. The maximum Gasteiger partial charge on any atom is 0.267 e. The number of thiophene rings is 1. The number of carboxylic acids is 1. The molecule has 23 heavy (non-hydrogen) atoms. The van der Waals surface area contributed by atoms with Crippen LogP contribution in [0.15, 0.2) is 35.1 Å². The highest BCUT2D eigenvalue weighted by atomic mass is 32.1. The maximum absolute atomic E-state index is 13.0. The average molecular weight is 343 g/mol. The Labute approximate surface area is 139 Å². The zero-order valence-corrected chi connectivity index (χ0v) is 13.5. The van der Waals surface area contributed by atoms with E-state index in [-0.39, 0.29) is 5.56 Å². The van der Waals surface area contributed by atoms with Crippen LogP contribution in [0.4, 0.5) is 0 Å². The molecular weight excluding hydrogens is 332 g/mol. The van der Waals surface area contributed by atoms with Crippen molar-refractivity contribution in [3.05, 3.63) is 55.9 Å². The highest BCUT2D eigenvalue weighted by molar-refractivity contribution is 7.71. The lowest BCUT2D eigenvalue weighted by Gasteiger charge is -2.12. The molecule has 116 valence electrons. The predicted molar refractivity (Wildman–Crippen MR) is 88.7 cm³/mol. The van der Waals surface area contributed by atoms with E-state index in [1.54, 1.807) is 12.1 Å². The number of aryl methyl sites for hydroxylation is 1. The Bertz CT molecular complexity index is 1050. The molecule has 1 atom stereocenters. The summed E-state index contributed by atoms with van der Waals surface area (Å²) >= 11 is 6.74. The Morgan fingerprint density at radius 2 is 2.09 bits per heavy atom. The van der Waals surface area contributed by atoms with Gasteiger partial charge in [-0.25, -0.2) is 0 Å². The first-order valence-corrected chi connectivity index (χ1v) is 8.37. The number of aliphatic carboxylic acids is 1. The minimum Gasteiger partial charge on any atom is -0.549 e. The first-order valence-electron chi connectivity index (χ1n) is 7.15. The van der Waals surface area contributed by atoms with E-state index in [1.807, 2.05) is 18.2 Å². The van der Waals surface area contributed by atoms with Gasteiger partial charge in [0.05, 0.1) is 11.1 Å². The van der Waals surface area contributed by atoms with Gasteiger partial charge in [0.15, 0.2) is 4.77 Å². The van der Waals surface area contributed by atoms with Crippen LogP contribution in [0.3, 0.4) is 0 Å². The van der Waals surface area contributed by atoms with Gasteiger partial charge in [-0.2, -0.15) is 0 Å². The van der Waals surface area contributed by atoms with Crippen LogP contribution in [0.1, 0.15) is 22.8 Å². The molecule has 1 aliphatic rings. The second kappa shape index (κ2) is 5.14. The van der Waals surface area contributed by atoms with Crippen LogP contribution in [-0.2, 0) is 11.2 Å². The van der Waals surface area contributed by atoms with E-state index in [2.05, 4.69) is 4.98 Å². The maximum atomic E-state index is 13.0. The summed E-state index contributed by atoms with van der Waals surface area (Å²) in [5, 5.41) is 11.8. The number of rotatable bonds is 2. The fraction of sp³-hybridized carbons (Fsp3) is 0.188. The summed E-state index contributed by atoms with van der Waals surface area (Å²) in [5.41, 5.74) is 0.982. The number of carboxylic acid groups (broad SMARTS) is 1. The zero-order chi connectivity index (χ0) is 16.1. The Hall–Kier alpha value is -2.25. The van der Waals surface area contributed by atoms with Crippen molar-refractivity contribution in [1.29, 1.82) is 0 Å². The van der Waals surface area contributed by atoms with E-state index in [0.717, 1.165) is 4.88 Å². The molecule has 3 aromatic rings. The van der Waals surface area contributed by atoms with Crippen molar-refractivity contribution in [3.63, 3.8) is 0 Å². The molecule has 0 spiro atoms. The van der Waals surface area contributed by atoms with Gasteiger partial charge < -0.3 is 14.9 Å². The molecule has 0 saturated carbocycles. The quantitative estimate of drug-likeness (QED) is 0.721. The zero-order valence-electron chi connectivity index (χ0n) is 11.9. The van der Waals surface area contributed by atoms with Crippen LogP contribution >= 0.6 is 23.6 Å². The summed E-state index contributed by atoms with van der Waals surface area (Å²) in [6.07, 6.45) is 1.14. The Kier molecular flexibility index (Phi) is 3.21. The molecule has 1 aliphatic carbocycles. The Balaban J connectivity index is 2.09. The lowest BCUT2D eigenvalue weighted by Crippen LogP contribution is -2.29. The third kappa shape index (κ3) is 2.08. The normalized spacial score (nSPS) is 16.6. The third-order valence-corrected chi connectivity index (χ3v) is 5.64. The molecule has 1 N–H and O–H groups in total. The summed E-state index contributed by atoms with van der Waals surface area (Å²) in [6, 6.07) is 9.08. The smallest absolute Gasteiger partial charge is 0.267 e. The summed E-state index contributed by atoms with van der Waals surface area (Å²) < 4.78 is 1.72. The van der Waals surface area contributed by atoms with Gasteiger partial charge in [-0.3, -0.25) is 9.36 Å². The van der Waals surface area contributed by atoms with Crippen molar-refractivity contribution < 1.29 is 9.90 Å². The van der Waals surface area contributed by atoms with Crippen LogP contribution in [0.2, 0.25) is 0 Å². The molecule has 0 unspecified atom stereocenters. The van der Waals surface area contributed by atoms with Gasteiger partial charge >= 0.3 is 0 Å². The van der Waals surface area contributed by atoms with Crippen molar-refractivity contribution in [2.45, 2.75) is 18.8 Å². The van der Waals surface area contributed by atoms with Crippen molar-refractivity contribution in [1.82, 2.24) is 9.55 Å². The molecule has 0 saturated heterocycles. The number of nitrogens with zero attached hydrogens (tertiary/aromatic N) is 1. The molecule has 5 nitrogen and oxygen atoms in total. The fourth-order valence-electron chi connectivity index (χ4n) is 3.17. The average Bonchev–Trinajstić information content (AvgIpc) is 3.06. The minimum absolute atomic E-state index is 0.277. The predicted octanol–water partition coefficient (Wildman–Crippen LogP) is 1.89. The second-order valence-electron chi connectivity index (χ2n) is 5.46. The number of fused-ring (bicyclic) bond motifs is 3. The van der Waals surface area contributed by atoms with E-state index in [0.29, 0.717) is 39.1 Å². The molecule has 0 aliphatic heterocycles. The number of nitrogens with one attached hydrogen (secondary N) is 1.